The summed E-state index contributed by atoms with van der Waals surface area (Å²) < 4.78 is 25.8. The third-order valence-corrected chi connectivity index (χ3v) is 5.66. The van der Waals surface area contributed by atoms with Gasteiger partial charge in [0.05, 0.1) is 31.2 Å². The monoisotopic (exact) mass is 436 g/mol. The van der Waals surface area contributed by atoms with Crippen molar-refractivity contribution in [2.75, 3.05) is 19.5 Å². The van der Waals surface area contributed by atoms with Gasteiger partial charge >= 0.3 is 0 Å². The predicted octanol–water partition coefficient (Wildman–Crippen LogP) is 4.76. The van der Waals surface area contributed by atoms with E-state index in [9.17, 15) is 9.18 Å². The highest BCUT2D eigenvalue weighted by atomic mass is 32.2. The van der Waals surface area contributed by atoms with Gasteiger partial charge in [0.25, 0.3) is 5.56 Å². The Hall–Kier alpha value is -3.32. The van der Waals surface area contributed by atoms with Crippen molar-refractivity contribution in [2.24, 2.45) is 0 Å². The number of methoxy groups -OCH3 is 1. The van der Waals surface area contributed by atoms with Gasteiger partial charge in [-0.1, -0.05) is 36.0 Å². The van der Waals surface area contributed by atoms with Crippen LogP contribution in [-0.4, -0.2) is 29.0 Å². The lowest BCUT2D eigenvalue weighted by atomic mass is 10.2. The molecule has 3 aromatic carbocycles. The zero-order valence-corrected chi connectivity index (χ0v) is 17.8. The van der Waals surface area contributed by atoms with Crippen LogP contribution in [0.1, 0.15) is 5.56 Å². The predicted molar refractivity (Wildman–Crippen MR) is 121 cm³/mol. The zero-order chi connectivity index (χ0) is 21.6. The van der Waals surface area contributed by atoms with E-state index in [4.69, 9.17) is 14.5 Å². The van der Waals surface area contributed by atoms with Gasteiger partial charge in [0.2, 0.25) is 0 Å². The van der Waals surface area contributed by atoms with Gasteiger partial charge in [-0.25, -0.2) is 9.37 Å². The summed E-state index contributed by atoms with van der Waals surface area (Å²) in [5.74, 6) is 1.82. The Balaban J connectivity index is 1.53. The molecule has 0 bridgehead atoms. The molecule has 0 saturated carbocycles. The van der Waals surface area contributed by atoms with E-state index < -0.39 is 0 Å². The van der Waals surface area contributed by atoms with Gasteiger partial charge in [0, 0.05) is 5.75 Å². The van der Waals surface area contributed by atoms with Crippen LogP contribution in [0.15, 0.2) is 82.7 Å². The smallest absolute Gasteiger partial charge is 0.262 e. The van der Waals surface area contributed by atoms with Crippen LogP contribution >= 0.6 is 11.8 Å². The molecule has 158 valence electrons. The van der Waals surface area contributed by atoms with E-state index >= 15 is 0 Å². The van der Waals surface area contributed by atoms with Gasteiger partial charge in [0.15, 0.2) is 5.16 Å². The summed E-state index contributed by atoms with van der Waals surface area (Å²) in [6.07, 6.45) is 0. The van der Waals surface area contributed by atoms with Gasteiger partial charge in [-0.2, -0.15) is 0 Å². The van der Waals surface area contributed by atoms with Crippen molar-refractivity contribution in [1.82, 2.24) is 9.55 Å². The van der Waals surface area contributed by atoms with Crippen molar-refractivity contribution in [1.29, 1.82) is 0 Å². The second-order valence-electron chi connectivity index (χ2n) is 6.80. The van der Waals surface area contributed by atoms with Crippen LogP contribution in [-0.2, 0) is 6.54 Å². The Labute approximate surface area is 183 Å². The molecule has 0 aliphatic rings. The summed E-state index contributed by atoms with van der Waals surface area (Å²) in [7, 11) is 1.62. The molecule has 0 aliphatic heterocycles. The number of fused-ring (bicyclic) bond motifs is 1. The summed E-state index contributed by atoms with van der Waals surface area (Å²) in [6, 6.07) is 20.8. The fourth-order valence-electron chi connectivity index (χ4n) is 3.13. The third kappa shape index (κ3) is 5.06. The summed E-state index contributed by atoms with van der Waals surface area (Å²) in [5.41, 5.74) is 1.37. The van der Waals surface area contributed by atoms with E-state index in [1.807, 2.05) is 42.5 Å². The van der Waals surface area contributed by atoms with E-state index in [0.29, 0.717) is 35.0 Å². The number of rotatable bonds is 8. The first-order chi connectivity index (χ1) is 15.1. The van der Waals surface area contributed by atoms with Crippen molar-refractivity contribution in [2.45, 2.75) is 11.7 Å². The summed E-state index contributed by atoms with van der Waals surface area (Å²) >= 11 is 1.45. The minimum absolute atomic E-state index is 0.117. The number of hydrogen-bond donors (Lipinski definition) is 0. The molecule has 1 heterocycles. The molecule has 0 atom stereocenters. The van der Waals surface area contributed by atoms with Crippen molar-refractivity contribution < 1.29 is 13.9 Å². The molecular formula is C24H21FN2O3S. The van der Waals surface area contributed by atoms with Crippen LogP contribution in [0, 0.1) is 5.82 Å². The van der Waals surface area contributed by atoms with E-state index in [2.05, 4.69) is 0 Å². The lowest BCUT2D eigenvalue weighted by molar-refractivity contribution is 0.342. The molecule has 0 spiro atoms. The van der Waals surface area contributed by atoms with Crippen molar-refractivity contribution in [3.63, 3.8) is 0 Å². The molecule has 0 N–H and O–H groups in total. The lowest BCUT2D eigenvalue weighted by Gasteiger charge is -2.13. The maximum absolute atomic E-state index is 13.3. The molecule has 31 heavy (non-hydrogen) atoms. The first-order valence-electron chi connectivity index (χ1n) is 9.78. The molecule has 1 aromatic heterocycles. The Morgan fingerprint density at radius 3 is 2.42 bits per heavy atom. The molecule has 0 amide bonds. The average molecular weight is 437 g/mol. The van der Waals surface area contributed by atoms with Crippen LogP contribution < -0.4 is 15.0 Å². The number of benzene rings is 3. The summed E-state index contributed by atoms with van der Waals surface area (Å²) in [4.78, 5) is 17.8. The number of halogens is 1. The van der Waals surface area contributed by atoms with Gasteiger partial charge in [-0.3, -0.25) is 9.36 Å². The highest BCUT2D eigenvalue weighted by molar-refractivity contribution is 7.99. The van der Waals surface area contributed by atoms with Gasteiger partial charge in [-0.15, -0.1) is 0 Å². The Morgan fingerprint density at radius 1 is 0.968 bits per heavy atom. The fraction of sp³-hybridized carbons (Fsp3) is 0.167. The number of para-hydroxylation sites is 1. The largest absolute Gasteiger partial charge is 0.497 e. The van der Waals surface area contributed by atoms with Crippen LogP contribution in [0.4, 0.5) is 4.39 Å². The maximum Gasteiger partial charge on any atom is 0.262 e. The molecule has 5 nitrogen and oxygen atoms in total. The Morgan fingerprint density at radius 2 is 1.68 bits per heavy atom. The average Bonchev–Trinajstić information content (AvgIpc) is 2.80. The molecule has 4 rings (SSSR count). The second-order valence-corrected chi connectivity index (χ2v) is 7.86. The number of nitrogens with zero attached hydrogens (tertiary/aromatic N) is 2. The van der Waals surface area contributed by atoms with Crippen LogP contribution in [0.2, 0.25) is 0 Å². The molecular weight excluding hydrogens is 415 g/mol. The summed E-state index contributed by atoms with van der Waals surface area (Å²) in [6.45, 7) is 0.773. The van der Waals surface area contributed by atoms with Crippen molar-refractivity contribution in [3.8, 4) is 11.5 Å². The van der Waals surface area contributed by atoms with Gasteiger partial charge < -0.3 is 9.47 Å². The molecule has 0 unspecified atom stereocenters. The SMILES string of the molecule is COc1ccc(OCCSc2nc3ccccc3c(=O)n2Cc2ccc(F)cc2)cc1. The number of ether oxygens (including phenoxy) is 2. The minimum atomic E-state index is -0.307. The molecule has 0 aliphatic carbocycles. The van der Waals surface area contributed by atoms with E-state index in [1.54, 1.807) is 29.9 Å². The van der Waals surface area contributed by atoms with Gasteiger partial charge in [-0.05, 0) is 54.1 Å². The molecule has 0 fully saturated rings. The zero-order valence-electron chi connectivity index (χ0n) is 17.0. The number of hydrogen-bond acceptors (Lipinski definition) is 5. The minimum Gasteiger partial charge on any atom is -0.497 e. The van der Waals surface area contributed by atoms with Crippen LogP contribution in [0.5, 0.6) is 11.5 Å². The maximum atomic E-state index is 13.3. The van der Waals surface area contributed by atoms with E-state index in [-0.39, 0.29) is 11.4 Å². The highest BCUT2D eigenvalue weighted by Crippen LogP contribution is 2.21. The molecule has 0 saturated heterocycles. The second kappa shape index (κ2) is 9.66. The normalized spacial score (nSPS) is 10.9. The first-order valence-corrected chi connectivity index (χ1v) is 10.8. The van der Waals surface area contributed by atoms with Gasteiger partial charge in [0.1, 0.15) is 17.3 Å². The third-order valence-electron chi connectivity index (χ3n) is 4.72. The van der Waals surface area contributed by atoms with Crippen LogP contribution in [0.3, 0.4) is 0 Å². The van der Waals surface area contributed by atoms with Crippen LogP contribution in [0.25, 0.3) is 10.9 Å². The highest BCUT2D eigenvalue weighted by Gasteiger charge is 2.12. The number of thioether (sulfide) groups is 1. The van der Waals surface area contributed by atoms with E-state index in [0.717, 1.165) is 17.1 Å². The quantitative estimate of drug-likeness (QED) is 0.226. The Kier molecular flexibility index (Phi) is 6.52. The van der Waals surface area contributed by atoms with E-state index in [1.165, 1.54) is 23.9 Å². The molecule has 7 heteroatoms. The Bertz CT molecular complexity index is 1220. The topological polar surface area (TPSA) is 53.4 Å². The first kappa shape index (κ1) is 20.9. The van der Waals surface area contributed by atoms with Crippen molar-refractivity contribution in [3.05, 3.63) is 94.5 Å². The molecule has 0 radical (unpaired) electrons. The lowest BCUT2D eigenvalue weighted by Crippen LogP contribution is -2.24. The standard InChI is InChI=1S/C24H21FN2O3S/c1-29-19-10-12-20(13-11-19)30-14-15-31-24-26-22-5-3-2-4-21(22)23(28)27(24)16-17-6-8-18(25)9-7-17/h2-13H,14-16H2,1H3. The fourth-order valence-corrected chi connectivity index (χ4v) is 3.95. The summed E-state index contributed by atoms with van der Waals surface area (Å²) in [5, 5.41) is 1.16. The molecule has 4 aromatic rings. The van der Waals surface area contributed by atoms with Crippen molar-refractivity contribution >= 4 is 22.7 Å². The number of aromatic nitrogens is 2.